The van der Waals surface area contributed by atoms with Crippen molar-refractivity contribution in [3.63, 3.8) is 0 Å². The molecule has 3 rings (SSSR count). The van der Waals surface area contributed by atoms with Gasteiger partial charge >= 0.3 is 12.1 Å². The molecule has 5 N–H and O–H groups in total. The van der Waals surface area contributed by atoms with Gasteiger partial charge in [0.25, 0.3) is 5.91 Å². The fraction of sp³-hybridized carbons (Fsp3) is 0.381. The number of carbonyl (C=O) groups excluding carboxylic acids is 3. The molecule has 0 bridgehead atoms. The summed E-state index contributed by atoms with van der Waals surface area (Å²) in [5.41, 5.74) is 0.100. The number of rotatable bonds is 7. The van der Waals surface area contributed by atoms with Crippen molar-refractivity contribution in [2.24, 2.45) is 0 Å². The molecule has 176 valence electrons. The summed E-state index contributed by atoms with van der Waals surface area (Å²) < 4.78 is 10.8. The number of hydrogen-bond donors (Lipinski definition) is 5. The molecular weight excluding hydrogens is 434 g/mol. The van der Waals surface area contributed by atoms with Crippen LogP contribution in [-0.4, -0.2) is 56.7 Å². The van der Waals surface area contributed by atoms with Crippen molar-refractivity contribution in [2.45, 2.75) is 51.4 Å². The largest absolute Gasteiger partial charge is 0.480 e. The Bertz CT molecular complexity index is 1050. The van der Waals surface area contributed by atoms with Crippen molar-refractivity contribution < 1.29 is 33.8 Å². The number of alkyl carbamates (subject to hydrolysis) is 1. The van der Waals surface area contributed by atoms with Crippen LogP contribution in [0, 0.1) is 0 Å². The maximum absolute atomic E-state index is 12.4. The maximum Gasteiger partial charge on any atom is 0.408 e. The second-order valence-corrected chi connectivity index (χ2v) is 8.36. The van der Waals surface area contributed by atoms with Gasteiger partial charge in [-0.3, -0.25) is 14.9 Å². The Morgan fingerprint density at radius 2 is 2.06 bits per heavy atom. The number of imidazole rings is 1. The van der Waals surface area contributed by atoms with Gasteiger partial charge in [-0.1, -0.05) is 6.07 Å². The van der Waals surface area contributed by atoms with E-state index in [-0.39, 0.29) is 18.8 Å². The Morgan fingerprint density at radius 1 is 1.30 bits per heavy atom. The van der Waals surface area contributed by atoms with E-state index < -0.39 is 41.6 Å². The SMILES string of the molecule is CC(C)(C)OC(=O)N[C@@H](Cc1ccc2c(c1)NC(=O)C(CC(=O)Nc1ncc[nH]1)O2)C(=O)O. The van der Waals surface area contributed by atoms with Crippen LogP contribution in [0.2, 0.25) is 0 Å². The number of carboxylic acids is 1. The van der Waals surface area contributed by atoms with Crippen LogP contribution in [0.4, 0.5) is 16.4 Å². The van der Waals surface area contributed by atoms with Gasteiger partial charge < -0.3 is 30.2 Å². The van der Waals surface area contributed by atoms with Gasteiger partial charge in [-0.25, -0.2) is 14.6 Å². The number of aromatic amines is 1. The lowest BCUT2D eigenvalue weighted by Gasteiger charge is -2.26. The van der Waals surface area contributed by atoms with E-state index in [1.54, 1.807) is 45.2 Å². The van der Waals surface area contributed by atoms with Gasteiger partial charge in [-0.05, 0) is 38.5 Å². The molecule has 1 aliphatic heterocycles. The summed E-state index contributed by atoms with van der Waals surface area (Å²) in [6.45, 7) is 5.01. The number of nitrogens with one attached hydrogen (secondary N) is 4. The molecule has 3 amide bonds. The average Bonchev–Trinajstić information content (AvgIpc) is 3.19. The third-order valence-corrected chi connectivity index (χ3v) is 4.42. The van der Waals surface area contributed by atoms with E-state index in [2.05, 4.69) is 25.9 Å². The first-order chi connectivity index (χ1) is 15.5. The number of aromatic nitrogens is 2. The number of aliphatic carboxylic acids is 1. The zero-order valence-corrected chi connectivity index (χ0v) is 18.3. The van der Waals surface area contributed by atoms with Gasteiger partial charge in [0.1, 0.15) is 17.4 Å². The van der Waals surface area contributed by atoms with Gasteiger partial charge in [-0.2, -0.15) is 0 Å². The number of fused-ring (bicyclic) bond motifs is 1. The first-order valence-electron chi connectivity index (χ1n) is 10.1. The maximum atomic E-state index is 12.4. The number of ether oxygens (including phenoxy) is 2. The van der Waals surface area contributed by atoms with Crippen molar-refractivity contribution in [3.8, 4) is 5.75 Å². The molecule has 1 unspecified atom stereocenters. The lowest BCUT2D eigenvalue weighted by molar-refractivity contribution is -0.139. The van der Waals surface area contributed by atoms with E-state index in [1.807, 2.05) is 0 Å². The Kier molecular flexibility index (Phi) is 6.85. The average molecular weight is 459 g/mol. The van der Waals surface area contributed by atoms with Crippen molar-refractivity contribution in [2.75, 3.05) is 10.6 Å². The summed E-state index contributed by atoms with van der Waals surface area (Å²) in [4.78, 5) is 54.7. The van der Waals surface area contributed by atoms with Gasteiger partial charge in [0.05, 0.1) is 12.1 Å². The fourth-order valence-corrected chi connectivity index (χ4v) is 3.03. The van der Waals surface area contributed by atoms with Crippen molar-refractivity contribution >= 4 is 35.5 Å². The van der Waals surface area contributed by atoms with E-state index in [0.717, 1.165) is 0 Å². The second-order valence-electron chi connectivity index (χ2n) is 8.36. The normalized spacial score (nSPS) is 16.0. The summed E-state index contributed by atoms with van der Waals surface area (Å²) in [6.07, 6.45) is 0.858. The first kappa shape index (κ1) is 23.6. The van der Waals surface area contributed by atoms with Crippen molar-refractivity contribution in [1.82, 2.24) is 15.3 Å². The lowest BCUT2D eigenvalue weighted by atomic mass is 10.0. The highest BCUT2D eigenvalue weighted by Crippen LogP contribution is 2.31. The Labute approximate surface area is 189 Å². The number of anilines is 2. The Hall–Kier alpha value is -4.09. The number of nitrogens with zero attached hydrogens (tertiary/aromatic N) is 1. The van der Waals surface area contributed by atoms with E-state index in [0.29, 0.717) is 17.0 Å². The molecule has 12 nitrogen and oxygen atoms in total. The molecule has 1 aliphatic rings. The van der Waals surface area contributed by atoms with Crippen LogP contribution in [0.15, 0.2) is 30.6 Å². The predicted molar refractivity (Wildman–Crippen MR) is 116 cm³/mol. The highest BCUT2D eigenvalue weighted by Gasteiger charge is 2.31. The zero-order valence-electron chi connectivity index (χ0n) is 18.3. The Balaban J connectivity index is 1.63. The van der Waals surface area contributed by atoms with Gasteiger partial charge in [0.15, 0.2) is 6.10 Å². The number of H-pyrrole nitrogens is 1. The van der Waals surface area contributed by atoms with Gasteiger partial charge in [0.2, 0.25) is 11.9 Å². The first-order valence-corrected chi connectivity index (χ1v) is 10.1. The number of hydrogen-bond acceptors (Lipinski definition) is 7. The highest BCUT2D eigenvalue weighted by molar-refractivity contribution is 6.01. The molecule has 1 aromatic carbocycles. The molecule has 1 aromatic heterocycles. The summed E-state index contributed by atoms with van der Waals surface area (Å²) in [6, 6.07) is 3.49. The molecule has 12 heteroatoms. The number of carboxylic acid groups (broad SMARTS) is 1. The monoisotopic (exact) mass is 459 g/mol. The second kappa shape index (κ2) is 9.59. The van der Waals surface area contributed by atoms with E-state index in [9.17, 15) is 24.3 Å². The summed E-state index contributed by atoms with van der Waals surface area (Å²) in [5.74, 6) is -1.62. The number of carbonyl (C=O) groups is 4. The fourth-order valence-electron chi connectivity index (χ4n) is 3.03. The Morgan fingerprint density at radius 3 is 2.70 bits per heavy atom. The van der Waals surface area contributed by atoms with Crippen molar-refractivity contribution in [1.29, 1.82) is 0 Å². The van der Waals surface area contributed by atoms with Gasteiger partial charge in [-0.15, -0.1) is 0 Å². The van der Waals surface area contributed by atoms with Crippen LogP contribution < -0.4 is 20.7 Å². The number of benzene rings is 1. The van der Waals surface area contributed by atoms with Crippen molar-refractivity contribution in [3.05, 3.63) is 36.2 Å². The smallest absolute Gasteiger partial charge is 0.408 e. The molecule has 0 fully saturated rings. The summed E-state index contributed by atoms with van der Waals surface area (Å²) >= 11 is 0. The van der Waals surface area contributed by atoms with Crippen LogP contribution in [0.5, 0.6) is 5.75 Å². The standard InChI is InChI=1S/C21H25N5O7/c1-21(2,3)33-20(31)25-13(18(29)30)9-11-4-5-14-12(8-11)24-17(28)15(32-14)10-16(27)26-19-22-6-7-23-19/h4-8,13,15H,9-10H2,1-3H3,(H,24,28)(H,25,31)(H,29,30)(H2,22,23,26,27)/t13-,15?/m0/s1. The summed E-state index contributed by atoms with van der Waals surface area (Å²) in [7, 11) is 0. The van der Waals surface area contributed by atoms with Gasteiger partial charge in [0, 0.05) is 18.8 Å². The minimum atomic E-state index is -1.24. The molecule has 0 saturated heterocycles. The molecule has 33 heavy (non-hydrogen) atoms. The van der Waals surface area contributed by atoms with Crippen LogP contribution >= 0.6 is 0 Å². The minimum absolute atomic E-state index is 0.0489. The molecule has 0 aliphatic carbocycles. The highest BCUT2D eigenvalue weighted by atomic mass is 16.6. The molecule has 2 heterocycles. The van der Waals surface area contributed by atoms with Crippen LogP contribution in [0.1, 0.15) is 32.8 Å². The third kappa shape index (κ3) is 6.69. The quantitative estimate of drug-likeness (QED) is 0.416. The predicted octanol–water partition coefficient (Wildman–Crippen LogP) is 1.66. The molecule has 2 atom stereocenters. The van der Waals surface area contributed by atoms with Crippen LogP contribution in [0.3, 0.4) is 0 Å². The molecule has 2 aromatic rings. The van der Waals surface area contributed by atoms with E-state index in [4.69, 9.17) is 9.47 Å². The molecule has 0 radical (unpaired) electrons. The topological polar surface area (TPSA) is 172 Å². The van der Waals surface area contributed by atoms with E-state index >= 15 is 0 Å². The summed E-state index contributed by atoms with van der Waals surface area (Å²) in [5, 5.41) is 17.0. The molecule has 0 spiro atoms. The number of amides is 3. The van der Waals surface area contributed by atoms with Crippen LogP contribution in [-0.2, 0) is 25.5 Å². The van der Waals surface area contributed by atoms with E-state index in [1.165, 1.54) is 6.20 Å². The third-order valence-electron chi connectivity index (χ3n) is 4.42. The zero-order chi connectivity index (χ0) is 24.2. The minimum Gasteiger partial charge on any atom is -0.480 e. The molecule has 0 saturated carbocycles. The van der Waals surface area contributed by atoms with Crippen LogP contribution in [0.25, 0.3) is 0 Å². The molecular formula is C21H25N5O7. The lowest BCUT2D eigenvalue weighted by Crippen LogP contribution is -2.44.